The molecule has 0 aliphatic heterocycles. The maximum Gasteiger partial charge on any atom is 0.130 e. The van der Waals surface area contributed by atoms with Gasteiger partial charge in [-0.25, -0.2) is 8.78 Å². The zero-order valence-corrected chi connectivity index (χ0v) is 11.3. The molecule has 0 bridgehead atoms. The van der Waals surface area contributed by atoms with Gasteiger partial charge in [-0.05, 0) is 50.8 Å². The summed E-state index contributed by atoms with van der Waals surface area (Å²) >= 11 is 0. The molecule has 0 heterocycles. The van der Waals surface area contributed by atoms with Crippen LogP contribution in [0.2, 0.25) is 0 Å². The lowest BCUT2D eigenvalue weighted by molar-refractivity contribution is 0.121. The number of ether oxygens (including phenoxy) is 1. The molecular formula is C15H21F2NO. The molecule has 1 aliphatic rings. The molecule has 19 heavy (non-hydrogen) atoms. The summed E-state index contributed by atoms with van der Waals surface area (Å²) in [6.45, 7) is 4.03. The molecule has 1 saturated carbocycles. The Morgan fingerprint density at radius 1 is 1.32 bits per heavy atom. The van der Waals surface area contributed by atoms with Crippen molar-refractivity contribution in [1.82, 2.24) is 5.32 Å². The summed E-state index contributed by atoms with van der Waals surface area (Å²) in [6, 6.07) is 3.63. The lowest BCUT2D eigenvalue weighted by Crippen LogP contribution is -2.23. The van der Waals surface area contributed by atoms with Crippen LogP contribution in [0, 0.1) is 17.6 Å². The van der Waals surface area contributed by atoms with Crippen molar-refractivity contribution in [2.24, 2.45) is 5.92 Å². The van der Waals surface area contributed by atoms with E-state index in [1.807, 2.05) is 0 Å². The summed E-state index contributed by atoms with van der Waals surface area (Å²) in [4.78, 5) is 0. The van der Waals surface area contributed by atoms with Crippen LogP contribution in [-0.4, -0.2) is 19.8 Å². The summed E-state index contributed by atoms with van der Waals surface area (Å²) in [5.74, 6) is -0.214. The molecule has 0 amide bonds. The van der Waals surface area contributed by atoms with Gasteiger partial charge < -0.3 is 10.1 Å². The van der Waals surface area contributed by atoms with E-state index in [2.05, 4.69) is 5.32 Å². The highest BCUT2D eigenvalue weighted by Crippen LogP contribution is 2.28. The predicted molar refractivity (Wildman–Crippen MR) is 70.9 cm³/mol. The van der Waals surface area contributed by atoms with Crippen molar-refractivity contribution in [3.05, 3.63) is 35.4 Å². The normalized spacial score (nSPS) is 16.6. The lowest BCUT2D eigenvalue weighted by atomic mass is 10.1. The standard InChI is InChI=1S/C15H21F2NO/c1-11(15-13(16)4-2-5-14(15)17)18-8-3-9-19-10-12-6-7-12/h2,4-5,11-12,18H,3,6-10H2,1H3. The monoisotopic (exact) mass is 269 g/mol. The summed E-state index contributed by atoms with van der Waals surface area (Å²) in [5, 5.41) is 3.12. The maximum atomic E-state index is 13.5. The minimum absolute atomic E-state index is 0.112. The zero-order chi connectivity index (χ0) is 13.7. The number of hydrogen-bond donors (Lipinski definition) is 1. The Morgan fingerprint density at radius 2 is 2.00 bits per heavy atom. The first-order chi connectivity index (χ1) is 9.18. The first kappa shape index (κ1) is 14.4. The molecule has 106 valence electrons. The highest BCUT2D eigenvalue weighted by molar-refractivity contribution is 5.22. The van der Waals surface area contributed by atoms with E-state index < -0.39 is 11.6 Å². The van der Waals surface area contributed by atoms with Gasteiger partial charge in [-0.15, -0.1) is 0 Å². The fourth-order valence-electron chi connectivity index (χ4n) is 2.05. The van der Waals surface area contributed by atoms with E-state index in [1.54, 1.807) is 6.92 Å². The number of halogens is 2. The molecule has 0 aromatic heterocycles. The average Bonchev–Trinajstić information content (AvgIpc) is 3.17. The molecule has 1 aliphatic carbocycles. The number of rotatable bonds is 8. The Hall–Kier alpha value is -1.00. The van der Waals surface area contributed by atoms with Crippen LogP contribution in [0.3, 0.4) is 0 Å². The van der Waals surface area contributed by atoms with Gasteiger partial charge in [0.1, 0.15) is 11.6 Å². The van der Waals surface area contributed by atoms with Crippen LogP contribution in [0.4, 0.5) is 8.78 Å². The van der Waals surface area contributed by atoms with E-state index in [4.69, 9.17) is 4.74 Å². The fourth-order valence-corrected chi connectivity index (χ4v) is 2.05. The molecule has 2 rings (SSSR count). The van der Waals surface area contributed by atoms with Gasteiger partial charge in [-0.3, -0.25) is 0 Å². The molecular weight excluding hydrogens is 248 g/mol. The third-order valence-corrected chi connectivity index (χ3v) is 3.40. The van der Waals surface area contributed by atoms with E-state index >= 15 is 0 Å². The highest BCUT2D eigenvalue weighted by atomic mass is 19.1. The molecule has 0 radical (unpaired) electrons. The molecule has 1 unspecified atom stereocenters. The summed E-state index contributed by atoms with van der Waals surface area (Å²) in [5.41, 5.74) is 0.112. The molecule has 0 spiro atoms. The van der Waals surface area contributed by atoms with Gasteiger partial charge in [0.05, 0.1) is 0 Å². The van der Waals surface area contributed by atoms with Crippen LogP contribution in [0.15, 0.2) is 18.2 Å². The molecule has 2 nitrogen and oxygen atoms in total. The van der Waals surface area contributed by atoms with Crippen LogP contribution in [0.25, 0.3) is 0 Å². The summed E-state index contributed by atoms with van der Waals surface area (Å²) in [7, 11) is 0. The molecule has 1 aromatic carbocycles. The van der Waals surface area contributed by atoms with Crippen molar-refractivity contribution in [3.63, 3.8) is 0 Å². The van der Waals surface area contributed by atoms with Crippen LogP contribution in [0.1, 0.15) is 37.8 Å². The van der Waals surface area contributed by atoms with Gasteiger partial charge in [-0.2, -0.15) is 0 Å². The van der Waals surface area contributed by atoms with Crippen LogP contribution in [-0.2, 0) is 4.74 Å². The molecule has 0 saturated heterocycles. The Labute approximate surface area is 113 Å². The van der Waals surface area contributed by atoms with Gasteiger partial charge in [0.2, 0.25) is 0 Å². The smallest absolute Gasteiger partial charge is 0.130 e. The second-order valence-corrected chi connectivity index (χ2v) is 5.18. The minimum atomic E-state index is -0.495. The third kappa shape index (κ3) is 4.55. The van der Waals surface area contributed by atoms with Crippen molar-refractivity contribution in [3.8, 4) is 0 Å². The highest BCUT2D eigenvalue weighted by Gasteiger charge is 2.20. The SMILES string of the molecule is CC(NCCCOCC1CC1)c1c(F)cccc1F. The van der Waals surface area contributed by atoms with E-state index in [0.29, 0.717) is 13.2 Å². The largest absolute Gasteiger partial charge is 0.381 e. The van der Waals surface area contributed by atoms with Crippen molar-refractivity contribution in [2.75, 3.05) is 19.8 Å². The number of nitrogens with one attached hydrogen (secondary N) is 1. The third-order valence-electron chi connectivity index (χ3n) is 3.40. The molecule has 1 fully saturated rings. The summed E-state index contributed by atoms with van der Waals surface area (Å²) < 4.78 is 32.5. The van der Waals surface area contributed by atoms with Gasteiger partial charge in [-0.1, -0.05) is 6.07 Å². The van der Waals surface area contributed by atoms with E-state index in [1.165, 1.54) is 31.0 Å². The van der Waals surface area contributed by atoms with E-state index in [9.17, 15) is 8.78 Å². The van der Waals surface area contributed by atoms with Crippen LogP contribution < -0.4 is 5.32 Å². The molecule has 4 heteroatoms. The van der Waals surface area contributed by atoms with Crippen molar-refractivity contribution >= 4 is 0 Å². The van der Waals surface area contributed by atoms with E-state index in [-0.39, 0.29) is 11.6 Å². The second-order valence-electron chi connectivity index (χ2n) is 5.18. The minimum Gasteiger partial charge on any atom is -0.381 e. The first-order valence-electron chi connectivity index (χ1n) is 6.93. The van der Waals surface area contributed by atoms with Crippen molar-refractivity contribution in [1.29, 1.82) is 0 Å². The fraction of sp³-hybridized carbons (Fsp3) is 0.600. The Morgan fingerprint density at radius 3 is 2.63 bits per heavy atom. The Balaban J connectivity index is 1.66. The molecule has 1 atom stereocenters. The lowest BCUT2D eigenvalue weighted by Gasteiger charge is -2.15. The molecule has 1 aromatic rings. The predicted octanol–water partition coefficient (Wildman–Crippen LogP) is 3.43. The van der Waals surface area contributed by atoms with Crippen molar-refractivity contribution < 1.29 is 13.5 Å². The van der Waals surface area contributed by atoms with Gasteiger partial charge in [0.15, 0.2) is 0 Å². The van der Waals surface area contributed by atoms with Gasteiger partial charge in [0.25, 0.3) is 0 Å². The number of hydrogen-bond acceptors (Lipinski definition) is 2. The summed E-state index contributed by atoms with van der Waals surface area (Å²) in [6.07, 6.45) is 3.44. The quantitative estimate of drug-likeness (QED) is 0.730. The van der Waals surface area contributed by atoms with Gasteiger partial charge >= 0.3 is 0 Å². The number of benzene rings is 1. The maximum absolute atomic E-state index is 13.5. The molecule has 1 N–H and O–H groups in total. The first-order valence-corrected chi connectivity index (χ1v) is 6.93. The van der Waals surface area contributed by atoms with Crippen molar-refractivity contribution in [2.45, 2.75) is 32.2 Å². The van der Waals surface area contributed by atoms with Gasteiger partial charge in [0, 0.05) is 24.8 Å². The topological polar surface area (TPSA) is 21.3 Å². The zero-order valence-electron chi connectivity index (χ0n) is 11.3. The second kappa shape index (κ2) is 6.96. The average molecular weight is 269 g/mol. The van der Waals surface area contributed by atoms with E-state index in [0.717, 1.165) is 18.9 Å². The van der Waals surface area contributed by atoms with Crippen LogP contribution >= 0.6 is 0 Å². The Kier molecular flexibility index (Phi) is 5.28. The Bertz CT molecular complexity index is 387. The van der Waals surface area contributed by atoms with Crippen LogP contribution in [0.5, 0.6) is 0 Å².